The molecule has 0 spiro atoms. The summed E-state index contributed by atoms with van der Waals surface area (Å²) in [6.45, 7) is 5.30. The molecule has 9 nitrogen and oxygen atoms in total. The number of aryl methyl sites for hydroxylation is 1. The average Bonchev–Trinajstić information content (AvgIpc) is 3.23. The van der Waals surface area contributed by atoms with Crippen LogP contribution in [0.15, 0.2) is 36.8 Å². The molecule has 4 rings (SSSR count). The van der Waals surface area contributed by atoms with Gasteiger partial charge >= 0.3 is 0 Å². The van der Waals surface area contributed by atoms with Gasteiger partial charge in [-0.25, -0.2) is 19.6 Å². The summed E-state index contributed by atoms with van der Waals surface area (Å²) in [6.07, 6.45) is 5.45. The highest BCUT2D eigenvalue weighted by Crippen LogP contribution is 2.20. The molecule has 0 N–H and O–H groups in total. The first-order valence-electron chi connectivity index (χ1n) is 8.96. The van der Waals surface area contributed by atoms with Crippen LogP contribution in [0.2, 0.25) is 0 Å². The molecule has 3 aromatic heterocycles. The monoisotopic (exact) mass is 365 g/mol. The first-order chi connectivity index (χ1) is 13.1. The molecule has 0 bridgehead atoms. The third-order valence-corrected chi connectivity index (χ3v) is 4.52. The summed E-state index contributed by atoms with van der Waals surface area (Å²) in [7, 11) is 3.97. The first-order valence-corrected chi connectivity index (χ1v) is 8.96. The van der Waals surface area contributed by atoms with Gasteiger partial charge in [-0.2, -0.15) is 10.1 Å². The fraction of sp³-hybridized carbons (Fsp3) is 0.389. The Morgan fingerprint density at radius 2 is 1.67 bits per heavy atom. The summed E-state index contributed by atoms with van der Waals surface area (Å²) in [5, 5.41) is 4.27. The second-order valence-electron chi connectivity index (χ2n) is 6.67. The summed E-state index contributed by atoms with van der Waals surface area (Å²) >= 11 is 0. The van der Waals surface area contributed by atoms with Crippen molar-refractivity contribution >= 4 is 17.6 Å². The van der Waals surface area contributed by atoms with Crippen LogP contribution in [0.3, 0.4) is 0 Å². The summed E-state index contributed by atoms with van der Waals surface area (Å²) < 4.78 is 1.76. The molecule has 0 aliphatic carbocycles. The standard InChI is InChI=1S/C18H23N9/c1-14-21-16(13-17(22-14)27-8-4-6-20-27)25-9-11-26(12-10-25)18-19-7-5-15(23-18)24(2)3/h4-8,13H,9-12H2,1-3H3. The van der Waals surface area contributed by atoms with Crippen LogP contribution in [0.5, 0.6) is 0 Å². The van der Waals surface area contributed by atoms with Crippen LogP contribution in [0, 0.1) is 6.92 Å². The van der Waals surface area contributed by atoms with Gasteiger partial charge in [0.2, 0.25) is 5.95 Å². The van der Waals surface area contributed by atoms with Crippen molar-refractivity contribution in [1.29, 1.82) is 0 Å². The molecule has 0 amide bonds. The normalized spacial score (nSPS) is 14.5. The SMILES string of the molecule is Cc1nc(N2CCN(c3nccc(N(C)C)n3)CC2)cc(-n2cccn2)n1. The smallest absolute Gasteiger partial charge is 0.227 e. The number of hydrogen-bond acceptors (Lipinski definition) is 8. The van der Waals surface area contributed by atoms with Crippen LogP contribution in [0.4, 0.5) is 17.6 Å². The van der Waals surface area contributed by atoms with Gasteiger partial charge in [0.25, 0.3) is 0 Å². The molecule has 0 radical (unpaired) electrons. The zero-order valence-corrected chi connectivity index (χ0v) is 15.8. The van der Waals surface area contributed by atoms with Gasteiger partial charge in [-0.3, -0.25) is 0 Å². The van der Waals surface area contributed by atoms with E-state index in [2.05, 4.69) is 34.8 Å². The Kier molecular flexibility index (Phi) is 4.57. The Morgan fingerprint density at radius 1 is 0.926 bits per heavy atom. The molecule has 140 valence electrons. The highest BCUT2D eigenvalue weighted by atomic mass is 15.4. The fourth-order valence-corrected chi connectivity index (χ4v) is 3.10. The summed E-state index contributed by atoms with van der Waals surface area (Å²) in [5.41, 5.74) is 0. The lowest BCUT2D eigenvalue weighted by Crippen LogP contribution is -2.47. The van der Waals surface area contributed by atoms with Crippen molar-refractivity contribution in [2.45, 2.75) is 6.92 Å². The van der Waals surface area contributed by atoms with Gasteiger partial charge in [0.1, 0.15) is 17.5 Å². The van der Waals surface area contributed by atoms with E-state index in [-0.39, 0.29) is 0 Å². The molecular weight excluding hydrogens is 342 g/mol. The van der Waals surface area contributed by atoms with Crippen LogP contribution in [-0.4, -0.2) is 70.0 Å². The van der Waals surface area contributed by atoms with Gasteiger partial charge in [0.15, 0.2) is 5.82 Å². The van der Waals surface area contributed by atoms with E-state index < -0.39 is 0 Å². The number of piperazine rings is 1. The lowest BCUT2D eigenvalue weighted by Gasteiger charge is -2.35. The predicted molar refractivity (Wildman–Crippen MR) is 105 cm³/mol. The third-order valence-electron chi connectivity index (χ3n) is 4.52. The Morgan fingerprint density at radius 3 is 2.37 bits per heavy atom. The van der Waals surface area contributed by atoms with E-state index in [9.17, 15) is 0 Å². The predicted octanol–water partition coefficient (Wildman–Crippen LogP) is 1.15. The van der Waals surface area contributed by atoms with Crippen LogP contribution < -0.4 is 14.7 Å². The Hall–Kier alpha value is -3.23. The van der Waals surface area contributed by atoms with Gasteiger partial charge in [-0.15, -0.1) is 0 Å². The molecule has 1 aliphatic heterocycles. The van der Waals surface area contributed by atoms with Gasteiger partial charge in [0.05, 0.1) is 0 Å². The van der Waals surface area contributed by atoms with E-state index in [1.54, 1.807) is 10.9 Å². The molecular formula is C18H23N9. The van der Waals surface area contributed by atoms with Crippen molar-refractivity contribution in [3.05, 3.63) is 42.6 Å². The molecule has 0 saturated carbocycles. The average molecular weight is 365 g/mol. The van der Waals surface area contributed by atoms with E-state index >= 15 is 0 Å². The molecule has 3 aromatic rings. The van der Waals surface area contributed by atoms with E-state index in [1.807, 2.05) is 56.5 Å². The van der Waals surface area contributed by atoms with E-state index in [0.717, 1.165) is 55.4 Å². The van der Waals surface area contributed by atoms with Crippen molar-refractivity contribution in [2.75, 3.05) is 55.0 Å². The molecule has 0 unspecified atom stereocenters. The summed E-state index contributed by atoms with van der Waals surface area (Å²) in [4.78, 5) is 24.7. The molecule has 1 saturated heterocycles. The van der Waals surface area contributed by atoms with Crippen LogP contribution in [0.25, 0.3) is 5.82 Å². The highest BCUT2D eigenvalue weighted by Gasteiger charge is 2.21. The number of anilines is 3. The molecule has 4 heterocycles. The third kappa shape index (κ3) is 3.67. The lowest BCUT2D eigenvalue weighted by atomic mass is 10.3. The number of hydrogen-bond donors (Lipinski definition) is 0. The van der Waals surface area contributed by atoms with Gasteiger partial charge in [-0.1, -0.05) is 0 Å². The molecule has 0 atom stereocenters. The van der Waals surface area contributed by atoms with E-state index in [1.165, 1.54) is 0 Å². The zero-order valence-electron chi connectivity index (χ0n) is 15.8. The van der Waals surface area contributed by atoms with Crippen molar-refractivity contribution in [1.82, 2.24) is 29.7 Å². The summed E-state index contributed by atoms with van der Waals surface area (Å²) in [5.74, 6) is 4.14. The van der Waals surface area contributed by atoms with Gasteiger partial charge in [-0.05, 0) is 19.1 Å². The minimum Gasteiger partial charge on any atom is -0.363 e. The summed E-state index contributed by atoms with van der Waals surface area (Å²) in [6, 6.07) is 5.79. The van der Waals surface area contributed by atoms with E-state index in [4.69, 9.17) is 0 Å². The minimum atomic E-state index is 0.738. The quantitative estimate of drug-likeness (QED) is 0.681. The lowest BCUT2D eigenvalue weighted by molar-refractivity contribution is 0.632. The highest BCUT2D eigenvalue weighted by molar-refractivity contribution is 5.48. The van der Waals surface area contributed by atoms with E-state index in [0.29, 0.717) is 0 Å². The van der Waals surface area contributed by atoms with Crippen molar-refractivity contribution in [3.8, 4) is 5.82 Å². The van der Waals surface area contributed by atoms with Crippen LogP contribution in [-0.2, 0) is 0 Å². The maximum absolute atomic E-state index is 4.64. The second-order valence-corrected chi connectivity index (χ2v) is 6.67. The van der Waals surface area contributed by atoms with Crippen molar-refractivity contribution in [2.24, 2.45) is 0 Å². The van der Waals surface area contributed by atoms with Gasteiger partial charge < -0.3 is 14.7 Å². The Labute approximate surface area is 158 Å². The van der Waals surface area contributed by atoms with Crippen molar-refractivity contribution < 1.29 is 0 Å². The van der Waals surface area contributed by atoms with Crippen molar-refractivity contribution in [3.63, 3.8) is 0 Å². The maximum atomic E-state index is 4.64. The van der Waals surface area contributed by atoms with Crippen LogP contribution in [0.1, 0.15) is 5.82 Å². The van der Waals surface area contributed by atoms with Crippen LogP contribution >= 0.6 is 0 Å². The molecule has 1 fully saturated rings. The minimum absolute atomic E-state index is 0.738. The number of nitrogens with zero attached hydrogens (tertiary/aromatic N) is 9. The molecule has 1 aliphatic rings. The Bertz CT molecular complexity index is 899. The Balaban J connectivity index is 1.49. The first kappa shape index (κ1) is 17.2. The fourth-order valence-electron chi connectivity index (χ4n) is 3.10. The second kappa shape index (κ2) is 7.18. The largest absolute Gasteiger partial charge is 0.363 e. The number of rotatable bonds is 4. The number of aromatic nitrogens is 6. The molecule has 0 aromatic carbocycles. The zero-order chi connectivity index (χ0) is 18.8. The van der Waals surface area contributed by atoms with Gasteiger partial charge in [0, 0.05) is 64.9 Å². The molecule has 27 heavy (non-hydrogen) atoms. The molecule has 9 heteroatoms. The topological polar surface area (TPSA) is 79.1 Å². The maximum Gasteiger partial charge on any atom is 0.227 e.